The Morgan fingerprint density at radius 3 is 2.22 bits per heavy atom. The summed E-state index contributed by atoms with van der Waals surface area (Å²) in [5, 5.41) is 2.65. The van der Waals surface area contributed by atoms with E-state index in [1.807, 2.05) is 18.2 Å². The van der Waals surface area contributed by atoms with Gasteiger partial charge in [-0.05, 0) is 30.5 Å². The number of amides is 1. The van der Waals surface area contributed by atoms with Crippen LogP contribution in [-0.2, 0) is 19.7 Å². The summed E-state index contributed by atoms with van der Waals surface area (Å²) >= 11 is 0. The van der Waals surface area contributed by atoms with Gasteiger partial charge in [0.15, 0.2) is 12.6 Å². The van der Waals surface area contributed by atoms with E-state index in [1.165, 1.54) is 0 Å². The third kappa shape index (κ3) is 5.17. The number of carbonyl (C=O) groups excluding carboxylic acids is 2. The number of piperidine rings is 3. The third-order valence-corrected chi connectivity index (χ3v) is 8.60. The van der Waals surface area contributed by atoms with Gasteiger partial charge in [-0.2, -0.15) is 0 Å². The molecule has 1 atom stereocenters. The number of hydrogen-bond acceptors (Lipinski definition) is 3. The van der Waals surface area contributed by atoms with Crippen molar-refractivity contribution in [3.63, 3.8) is 0 Å². The minimum absolute atomic E-state index is 0.115. The van der Waals surface area contributed by atoms with E-state index in [-0.39, 0.29) is 30.2 Å². The lowest BCUT2D eigenvalue weighted by molar-refractivity contribution is -0.939. The predicted molar refractivity (Wildman–Crippen MR) is 133 cm³/mol. The number of ether oxygens (including phenoxy) is 1. The second kappa shape index (κ2) is 10.3. The van der Waals surface area contributed by atoms with Gasteiger partial charge in [0.2, 0.25) is 0 Å². The van der Waals surface area contributed by atoms with Crippen molar-refractivity contribution < 1.29 is 27.6 Å². The van der Waals surface area contributed by atoms with E-state index in [4.69, 9.17) is 4.74 Å². The Hall–Kier alpha value is -2.80. The molecule has 2 bridgehead atoms. The topological polar surface area (TPSA) is 55.4 Å². The maximum atomic E-state index is 13.9. The van der Waals surface area contributed by atoms with Crippen LogP contribution in [0, 0.1) is 17.6 Å². The van der Waals surface area contributed by atoms with Gasteiger partial charge >= 0.3 is 5.97 Å². The lowest BCUT2D eigenvalue weighted by Gasteiger charge is -2.52. The smallest absolute Gasteiger partial charge is 0.317 e. The molecule has 3 heterocycles. The van der Waals surface area contributed by atoms with E-state index in [0.29, 0.717) is 16.9 Å². The third-order valence-electron chi connectivity index (χ3n) is 8.60. The van der Waals surface area contributed by atoms with Crippen molar-refractivity contribution >= 4 is 17.6 Å². The molecule has 2 aromatic rings. The first-order valence-electron chi connectivity index (χ1n) is 13.3. The highest BCUT2D eigenvalue weighted by atomic mass is 19.1. The summed E-state index contributed by atoms with van der Waals surface area (Å²) in [5.74, 6) is -1.54. The van der Waals surface area contributed by atoms with E-state index in [9.17, 15) is 18.4 Å². The molecule has 4 fully saturated rings. The Kier molecular flexibility index (Phi) is 7.11. The van der Waals surface area contributed by atoms with E-state index >= 15 is 0 Å². The van der Waals surface area contributed by atoms with Crippen LogP contribution in [0.25, 0.3) is 0 Å². The molecule has 1 N–H and O–H groups in total. The number of esters is 1. The van der Waals surface area contributed by atoms with Gasteiger partial charge < -0.3 is 14.5 Å². The maximum absolute atomic E-state index is 13.9. The van der Waals surface area contributed by atoms with Gasteiger partial charge in [-0.25, -0.2) is 8.78 Å². The van der Waals surface area contributed by atoms with Crippen LogP contribution in [0.15, 0.2) is 48.5 Å². The summed E-state index contributed by atoms with van der Waals surface area (Å²) in [6, 6.07) is 13.1. The van der Waals surface area contributed by atoms with E-state index in [2.05, 4.69) is 17.4 Å². The number of benzene rings is 2. The number of rotatable bonds is 6. The highest BCUT2D eigenvalue weighted by molar-refractivity contribution is 5.91. The molecule has 3 saturated heterocycles. The van der Waals surface area contributed by atoms with Crippen molar-refractivity contribution in [2.75, 3.05) is 31.5 Å². The molecule has 5 nitrogen and oxygen atoms in total. The second-order valence-corrected chi connectivity index (χ2v) is 11.0. The SMILES string of the molecule is O=C(C[N+]12CCC(CC1)C(OC(=O)C1(c3ccccc3)CCCCCC1)C2)Nc1cc(F)cc(F)c1. The van der Waals surface area contributed by atoms with Crippen LogP contribution in [0.1, 0.15) is 56.9 Å². The van der Waals surface area contributed by atoms with Crippen LogP contribution in [0.5, 0.6) is 0 Å². The lowest BCUT2D eigenvalue weighted by Crippen LogP contribution is -2.66. The fraction of sp³-hybridized carbons (Fsp3) is 0.517. The van der Waals surface area contributed by atoms with Gasteiger partial charge in [0.25, 0.3) is 5.91 Å². The highest BCUT2D eigenvalue weighted by Gasteiger charge is 2.51. The van der Waals surface area contributed by atoms with Crippen molar-refractivity contribution in [2.24, 2.45) is 5.92 Å². The number of fused-ring (bicyclic) bond motifs is 3. The summed E-state index contributed by atoms with van der Waals surface area (Å²) < 4.78 is 34.0. The van der Waals surface area contributed by atoms with Crippen LogP contribution in [0.2, 0.25) is 0 Å². The Labute approximate surface area is 211 Å². The molecule has 6 rings (SSSR count). The Morgan fingerprint density at radius 2 is 1.58 bits per heavy atom. The second-order valence-electron chi connectivity index (χ2n) is 11.0. The number of nitrogens with one attached hydrogen (secondary N) is 1. The fourth-order valence-corrected chi connectivity index (χ4v) is 6.66. The van der Waals surface area contributed by atoms with Gasteiger partial charge in [-0.3, -0.25) is 9.59 Å². The molecule has 1 amide bonds. The standard InChI is InChI=1S/C29H34F2N2O3/c30-23-16-24(31)18-25(17-23)32-27(34)20-33-14-10-21(11-15-33)26(19-33)36-28(35)29(12-6-1-2-7-13-29)22-8-4-3-5-9-22/h3-5,8-9,16-18,21,26H,1-2,6-7,10-15,19-20H2/p+1. The van der Waals surface area contributed by atoms with E-state index < -0.39 is 17.0 Å². The van der Waals surface area contributed by atoms with Crippen LogP contribution in [0.4, 0.5) is 14.5 Å². The van der Waals surface area contributed by atoms with Crippen LogP contribution in [-0.4, -0.2) is 48.6 Å². The van der Waals surface area contributed by atoms with Gasteiger partial charge in [-0.15, -0.1) is 0 Å². The molecular formula is C29H35F2N2O3+. The summed E-state index contributed by atoms with van der Waals surface area (Å²) in [5.41, 5.74) is 0.556. The summed E-state index contributed by atoms with van der Waals surface area (Å²) in [4.78, 5) is 26.7. The Balaban J connectivity index is 1.29. The number of anilines is 1. The molecule has 192 valence electrons. The molecule has 3 aliphatic heterocycles. The highest BCUT2D eigenvalue weighted by Crippen LogP contribution is 2.42. The molecule has 7 heteroatoms. The summed E-state index contributed by atoms with van der Waals surface area (Å²) in [6.45, 7) is 2.48. The molecule has 0 radical (unpaired) electrons. The first kappa shape index (κ1) is 24.9. The zero-order valence-electron chi connectivity index (χ0n) is 20.7. The number of halogens is 2. The number of hydrogen-bond donors (Lipinski definition) is 1. The van der Waals surface area contributed by atoms with Crippen LogP contribution in [0.3, 0.4) is 0 Å². The van der Waals surface area contributed by atoms with Crippen molar-refractivity contribution in [1.29, 1.82) is 0 Å². The minimum Gasteiger partial charge on any atom is -0.455 e. The Morgan fingerprint density at radius 1 is 0.944 bits per heavy atom. The first-order valence-corrected chi connectivity index (χ1v) is 13.3. The van der Waals surface area contributed by atoms with Gasteiger partial charge in [0.1, 0.15) is 18.2 Å². The van der Waals surface area contributed by atoms with Gasteiger partial charge in [0.05, 0.1) is 18.5 Å². The maximum Gasteiger partial charge on any atom is 0.317 e. The first-order chi connectivity index (χ1) is 17.4. The molecule has 1 aliphatic carbocycles. The molecular weight excluding hydrogens is 462 g/mol. The average Bonchev–Trinajstić information content (AvgIpc) is 3.11. The largest absolute Gasteiger partial charge is 0.455 e. The number of carbonyl (C=O) groups is 2. The summed E-state index contributed by atoms with van der Waals surface area (Å²) in [6.07, 6.45) is 7.49. The summed E-state index contributed by atoms with van der Waals surface area (Å²) in [7, 11) is 0. The quantitative estimate of drug-likeness (QED) is 0.333. The van der Waals surface area contributed by atoms with Gasteiger partial charge in [0, 0.05) is 30.5 Å². The van der Waals surface area contributed by atoms with Crippen molar-refractivity contribution in [2.45, 2.75) is 62.9 Å². The zero-order chi connectivity index (χ0) is 25.2. The monoisotopic (exact) mass is 497 g/mol. The van der Waals surface area contributed by atoms with Crippen LogP contribution >= 0.6 is 0 Å². The molecule has 0 aromatic heterocycles. The van der Waals surface area contributed by atoms with Crippen LogP contribution < -0.4 is 5.32 Å². The zero-order valence-corrected chi connectivity index (χ0v) is 20.7. The lowest BCUT2D eigenvalue weighted by atomic mass is 9.74. The average molecular weight is 498 g/mol. The normalized spacial score (nSPS) is 27.2. The number of quaternary nitrogens is 1. The Bertz CT molecular complexity index is 1070. The molecule has 4 aliphatic rings. The predicted octanol–water partition coefficient (Wildman–Crippen LogP) is 5.35. The van der Waals surface area contributed by atoms with E-state index in [1.54, 1.807) is 0 Å². The molecule has 2 aromatic carbocycles. The minimum atomic E-state index is -0.728. The number of nitrogens with zero attached hydrogens (tertiary/aromatic N) is 1. The van der Waals surface area contributed by atoms with Crippen molar-refractivity contribution in [3.8, 4) is 0 Å². The molecule has 1 saturated carbocycles. The van der Waals surface area contributed by atoms with Crippen molar-refractivity contribution in [1.82, 2.24) is 0 Å². The van der Waals surface area contributed by atoms with E-state index in [0.717, 1.165) is 88.2 Å². The van der Waals surface area contributed by atoms with Crippen molar-refractivity contribution in [3.05, 3.63) is 65.7 Å². The molecule has 1 unspecified atom stereocenters. The fourth-order valence-electron chi connectivity index (χ4n) is 6.66. The van der Waals surface area contributed by atoms with Gasteiger partial charge in [-0.1, -0.05) is 56.0 Å². The molecule has 0 spiro atoms. The molecule has 36 heavy (non-hydrogen) atoms.